The van der Waals surface area contributed by atoms with E-state index in [2.05, 4.69) is 0 Å². The second-order valence-electron chi connectivity index (χ2n) is 5.72. The predicted octanol–water partition coefficient (Wildman–Crippen LogP) is 2.93. The fraction of sp³-hybridized carbons (Fsp3) is 0.533. The zero-order valence-corrected chi connectivity index (χ0v) is 12.0. The fourth-order valence-corrected chi connectivity index (χ4v) is 2.86. The number of hydrogen-bond acceptors (Lipinski definition) is 2. The molecule has 122 valence electrons. The molecule has 1 aliphatic rings. The summed E-state index contributed by atoms with van der Waals surface area (Å²) in [5.74, 6) is -0.956. The van der Waals surface area contributed by atoms with Gasteiger partial charge in [-0.3, -0.25) is 9.69 Å². The Balaban J connectivity index is 2.08. The molecule has 1 saturated heterocycles. The van der Waals surface area contributed by atoms with Gasteiger partial charge in [-0.15, -0.1) is 0 Å². The maximum absolute atomic E-state index is 13.8. The molecule has 1 atom stereocenters. The van der Waals surface area contributed by atoms with Gasteiger partial charge in [-0.05, 0) is 43.5 Å². The molecule has 0 aliphatic carbocycles. The van der Waals surface area contributed by atoms with Crippen LogP contribution in [0.15, 0.2) is 18.2 Å². The molecule has 1 fully saturated rings. The third-order valence-electron chi connectivity index (χ3n) is 3.86. The minimum Gasteiger partial charge on any atom is -0.370 e. The summed E-state index contributed by atoms with van der Waals surface area (Å²) in [6, 6.07) is 2.45. The first-order valence-corrected chi connectivity index (χ1v) is 7.12. The van der Waals surface area contributed by atoms with E-state index in [0.29, 0.717) is 13.1 Å². The van der Waals surface area contributed by atoms with Crippen LogP contribution in [0.3, 0.4) is 0 Å². The molecule has 0 unspecified atom stereocenters. The number of hydrogen-bond donors (Lipinski definition) is 1. The fourth-order valence-electron chi connectivity index (χ4n) is 2.86. The van der Waals surface area contributed by atoms with Crippen LogP contribution in [0.5, 0.6) is 0 Å². The Morgan fingerprint density at radius 1 is 1.36 bits per heavy atom. The minimum absolute atomic E-state index is 0.0227. The van der Waals surface area contributed by atoms with Crippen molar-refractivity contribution in [3.63, 3.8) is 0 Å². The van der Waals surface area contributed by atoms with Crippen LogP contribution in [0, 0.1) is 11.7 Å². The van der Waals surface area contributed by atoms with Gasteiger partial charge in [0, 0.05) is 25.1 Å². The van der Waals surface area contributed by atoms with Crippen molar-refractivity contribution in [2.45, 2.75) is 32.0 Å². The lowest BCUT2D eigenvalue weighted by Crippen LogP contribution is -2.36. The number of piperidine rings is 1. The van der Waals surface area contributed by atoms with Crippen LogP contribution in [0.1, 0.15) is 30.4 Å². The monoisotopic (exact) mass is 318 g/mol. The van der Waals surface area contributed by atoms with E-state index in [1.165, 1.54) is 0 Å². The third kappa shape index (κ3) is 4.43. The number of halogens is 4. The van der Waals surface area contributed by atoms with Crippen molar-refractivity contribution in [2.75, 3.05) is 13.1 Å². The molecule has 0 saturated carbocycles. The van der Waals surface area contributed by atoms with Gasteiger partial charge >= 0.3 is 6.18 Å². The van der Waals surface area contributed by atoms with Gasteiger partial charge in [-0.25, -0.2) is 4.39 Å². The van der Waals surface area contributed by atoms with Gasteiger partial charge in [0.25, 0.3) is 0 Å². The van der Waals surface area contributed by atoms with Crippen molar-refractivity contribution < 1.29 is 22.4 Å². The molecular formula is C15H18F4N2O. The van der Waals surface area contributed by atoms with E-state index in [4.69, 9.17) is 5.73 Å². The Bertz CT molecular complexity index is 545. The number of amides is 1. The Morgan fingerprint density at radius 3 is 2.73 bits per heavy atom. The number of carbonyl (C=O) groups is 1. The highest BCUT2D eigenvalue weighted by Gasteiger charge is 2.31. The van der Waals surface area contributed by atoms with Gasteiger partial charge in [0.2, 0.25) is 5.91 Å². The molecular weight excluding hydrogens is 300 g/mol. The van der Waals surface area contributed by atoms with E-state index >= 15 is 0 Å². The highest BCUT2D eigenvalue weighted by molar-refractivity contribution is 5.74. The lowest BCUT2D eigenvalue weighted by atomic mass is 9.94. The molecule has 0 aromatic heterocycles. The third-order valence-corrected chi connectivity index (χ3v) is 3.86. The molecule has 2 N–H and O–H groups in total. The summed E-state index contributed by atoms with van der Waals surface area (Å²) in [4.78, 5) is 12.8. The first kappa shape index (κ1) is 16.7. The summed E-state index contributed by atoms with van der Waals surface area (Å²) < 4.78 is 51.8. The van der Waals surface area contributed by atoms with E-state index < -0.39 is 23.5 Å². The van der Waals surface area contributed by atoms with Gasteiger partial charge in [-0.2, -0.15) is 13.2 Å². The lowest BCUT2D eigenvalue weighted by molar-refractivity contribution is -0.137. The number of likely N-dealkylation sites (tertiary alicyclic amines) is 1. The largest absolute Gasteiger partial charge is 0.416 e. The first-order valence-electron chi connectivity index (χ1n) is 7.12. The van der Waals surface area contributed by atoms with Crippen molar-refractivity contribution in [1.82, 2.24) is 4.90 Å². The van der Waals surface area contributed by atoms with Crippen molar-refractivity contribution >= 4 is 5.91 Å². The van der Waals surface area contributed by atoms with E-state index in [-0.39, 0.29) is 24.4 Å². The number of rotatable bonds is 4. The second-order valence-corrected chi connectivity index (χ2v) is 5.72. The zero-order valence-electron chi connectivity index (χ0n) is 12.0. The SMILES string of the molecule is NC(=O)C[C@H]1CCCN(Cc2cc(C(F)(F)F)ccc2F)C1. The zero-order chi connectivity index (χ0) is 16.3. The Morgan fingerprint density at radius 2 is 2.09 bits per heavy atom. The predicted molar refractivity (Wildman–Crippen MR) is 73.2 cm³/mol. The number of nitrogens with zero attached hydrogens (tertiary/aromatic N) is 1. The Hall–Kier alpha value is -1.63. The molecule has 1 aromatic carbocycles. The first-order chi connectivity index (χ1) is 10.3. The Kier molecular flexibility index (Phi) is 5.05. The molecule has 2 rings (SSSR count). The van der Waals surface area contributed by atoms with E-state index in [1.807, 2.05) is 4.90 Å². The highest BCUT2D eigenvalue weighted by Crippen LogP contribution is 2.31. The molecule has 3 nitrogen and oxygen atoms in total. The van der Waals surface area contributed by atoms with Crippen molar-refractivity contribution in [3.05, 3.63) is 35.1 Å². The topological polar surface area (TPSA) is 46.3 Å². The minimum atomic E-state index is -4.49. The normalized spacial score (nSPS) is 20.1. The van der Waals surface area contributed by atoms with Crippen molar-refractivity contribution in [1.29, 1.82) is 0 Å². The van der Waals surface area contributed by atoms with Gasteiger partial charge in [0.1, 0.15) is 5.82 Å². The summed E-state index contributed by atoms with van der Waals surface area (Å²) >= 11 is 0. The highest BCUT2D eigenvalue weighted by atomic mass is 19.4. The maximum Gasteiger partial charge on any atom is 0.416 e. The molecule has 0 spiro atoms. The van der Waals surface area contributed by atoms with E-state index in [1.54, 1.807) is 0 Å². The van der Waals surface area contributed by atoms with E-state index in [0.717, 1.165) is 31.0 Å². The van der Waals surface area contributed by atoms with Gasteiger partial charge < -0.3 is 5.73 Å². The van der Waals surface area contributed by atoms with Crippen LogP contribution in [0.4, 0.5) is 17.6 Å². The smallest absolute Gasteiger partial charge is 0.370 e. The standard InChI is InChI=1S/C15H18F4N2O/c16-13-4-3-12(15(17,18)19)7-11(13)9-21-5-1-2-10(8-21)6-14(20)22/h3-4,7,10H,1-2,5-6,8-9H2,(H2,20,22)/t10-/m1/s1. The number of alkyl halides is 3. The molecule has 0 bridgehead atoms. The van der Waals surface area contributed by atoms with Crippen LogP contribution >= 0.6 is 0 Å². The molecule has 22 heavy (non-hydrogen) atoms. The molecule has 1 aromatic rings. The number of nitrogens with two attached hydrogens (primary N) is 1. The molecule has 1 aliphatic heterocycles. The van der Waals surface area contributed by atoms with Gasteiger partial charge in [0.15, 0.2) is 0 Å². The summed E-state index contributed by atoms with van der Waals surface area (Å²) in [5.41, 5.74) is 4.34. The number of primary amides is 1. The molecule has 0 radical (unpaired) electrons. The Labute approximate surface area is 126 Å². The summed E-state index contributed by atoms with van der Waals surface area (Å²) in [6.07, 6.45) is -2.57. The van der Waals surface area contributed by atoms with E-state index in [9.17, 15) is 22.4 Å². The average Bonchev–Trinajstić information content (AvgIpc) is 2.39. The van der Waals surface area contributed by atoms with Crippen molar-refractivity contribution in [2.24, 2.45) is 11.7 Å². The van der Waals surface area contributed by atoms with Crippen LogP contribution in [-0.2, 0) is 17.5 Å². The summed E-state index contributed by atoms with van der Waals surface area (Å²) in [7, 11) is 0. The van der Waals surface area contributed by atoms with Gasteiger partial charge in [0.05, 0.1) is 5.56 Å². The van der Waals surface area contributed by atoms with Gasteiger partial charge in [-0.1, -0.05) is 0 Å². The van der Waals surface area contributed by atoms with Crippen LogP contribution in [-0.4, -0.2) is 23.9 Å². The number of benzene rings is 1. The average molecular weight is 318 g/mol. The number of carbonyl (C=O) groups excluding carboxylic acids is 1. The van der Waals surface area contributed by atoms with Crippen LogP contribution in [0.2, 0.25) is 0 Å². The summed E-state index contributed by atoms with van der Waals surface area (Å²) in [5, 5.41) is 0. The quantitative estimate of drug-likeness (QED) is 0.868. The lowest BCUT2D eigenvalue weighted by Gasteiger charge is -2.32. The summed E-state index contributed by atoms with van der Waals surface area (Å²) in [6.45, 7) is 1.31. The second kappa shape index (κ2) is 6.64. The van der Waals surface area contributed by atoms with Crippen LogP contribution in [0.25, 0.3) is 0 Å². The van der Waals surface area contributed by atoms with Crippen LogP contribution < -0.4 is 5.73 Å². The van der Waals surface area contributed by atoms with Crippen molar-refractivity contribution in [3.8, 4) is 0 Å². The molecule has 1 heterocycles. The molecule has 7 heteroatoms. The molecule has 1 amide bonds. The maximum atomic E-state index is 13.8.